The van der Waals surface area contributed by atoms with E-state index in [0.29, 0.717) is 11.3 Å². The third kappa shape index (κ3) is 5.05. The molecule has 156 valence electrons. The fourth-order valence-electron chi connectivity index (χ4n) is 2.58. The Morgan fingerprint density at radius 1 is 1.17 bits per heavy atom. The monoisotopic (exact) mass is 418 g/mol. The highest BCUT2D eigenvalue weighted by molar-refractivity contribution is 5.87. The van der Waals surface area contributed by atoms with E-state index in [4.69, 9.17) is 14.0 Å². The van der Waals surface area contributed by atoms with Crippen LogP contribution in [0.1, 0.15) is 30.0 Å². The zero-order valence-corrected chi connectivity index (χ0v) is 16.0. The van der Waals surface area contributed by atoms with E-state index in [1.807, 2.05) is 0 Å². The Morgan fingerprint density at radius 2 is 1.93 bits per heavy atom. The number of esters is 1. The second-order valence-corrected chi connectivity index (χ2v) is 6.19. The van der Waals surface area contributed by atoms with Gasteiger partial charge in [-0.2, -0.15) is 18.2 Å². The molecule has 0 aliphatic rings. The van der Waals surface area contributed by atoms with Gasteiger partial charge < -0.3 is 14.0 Å². The molecule has 0 N–H and O–H groups in total. The predicted molar refractivity (Wildman–Crippen MR) is 101 cm³/mol. The number of hydrogen-bond acceptors (Lipinski definition) is 6. The van der Waals surface area contributed by atoms with Crippen molar-refractivity contribution in [1.82, 2.24) is 10.1 Å². The summed E-state index contributed by atoms with van der Waals surface area (Å²) < 4.78 is 54.1. The Labute approximate surface area is 169 Å². The van der Waals surface area contributed by atoms with Gasteiger partial charge in [0, 0.05) is 17.2 Å². The average molecular weight is 418 g/mol. The van der Waals surface area contributed by atoms with Crippen LogP contribution in [-0.2, 0) is 15.7 Å². The Morgan fingerprint density at radius 3 is 2.67 bits per heavy atom. The number of rotatable bonds is 6. The van der Waals surface area contributed by atoms with Crippen LogP contribution in [-0.4, -0.2) is 23.2 Å². The third-order valence-electron chi connectivity index (χ3n) is 4.07. The van der Waals surface area contributed by atoms with E-state index in [1.54, 1.807) is 24.3 Å². The smallest absolute Gasteiger partial charge is 0.416 e. The van der Waals surface area contributed by atoms with E-state index in [-0.39, 0.29) is 17.3 Å². The van der Waals surface area contributed by atoms with Gasteiger partial charge in [0.1, 0.15) is 5.75 Å². The van der Waals surface area contributed by atoms with Gasteiger partial charge in [-0.15, -0.1) is 0 Å². The van der Waals surface area contributed by atoms with Gasteiger partial charge in [-0.05, 0) is 31.2 Å². The second kappa shape index (κ2) is 8.81. The maximum atomic E-state index is 12.9. The number of halogens is 3. The molecule has 30 heavy (non-hydrogen) atoms. The van der Waals surface area contributed by atoms with Gasteiger partial charge in [0.2, 0.25) is 5.82 Å². The molecule has 6 nitrogen and oxygen atoms in total. The van der Waals surface area contributed by atoms with Crippen LogP contribution < -0.4 is 4.74 Å². The van der Waals surface area contributed by atoms with Crippen molar-refractivity contribution in [2.45, 2.75) is 19.2 Å². The van der Waals surface area contributed by atoms with Crippen LogP contribution in [0.25, 0.3) is 17.5 Å². The van der Waals surface area contributed by atoms with Gasteiger partial charge in [0.15, 0.2) is 6.10 Å². The fraction of sp³-hybridized carbons (Fsp3) is 0.190. The molecule has 9 heteroatoms. The van der Waals surface area contributed by atoms with Gasteiger partial charge in [0.25, 0.3) is 5.89 Å². The summed E-state index contributed by atoms with van der Waals surface area (Å²) in [5.41, 5.74) is -0.00375. The Hall–Kier alpha value is -3.62. The number of ether oxygens (including phenoxy) is 2. The van der Waals surface area contributed by atoms with Crippen LogP contribution in [0.5, 0.6) is 5.75 Å². The highest BCUT2D eigenvalue weighted by Crippen LogP contribution is 2.31. The molecule has 1 heterocycles. The third-order valence-corrected chi connectivity index (χ3v) is 4.07. The van der Waals surface area contributed by atoms with Crippen LogP contribution in [0, 0.1) is 0 Å². The Kier molecular flexibility index (Phi) is 6.20. The van der Waals surface area contributed by atoms with E-state index in [2.05, 4.69) is 10.1 Å². The van der Waals surface area contributed by atoms with Crippen molar-refractivity contribution < 1.29 is 32.0 Å². The summed E-state index contributed by atoms with van der Waals surface area (Å²) >= 11 is 0. The maximum Gasteiger partial charge on any atom is 0.416 e. The van der Waals surface area contributed by atoms with E-state index < -0.39 is 23.8 Å². The lowest BCUT2D eigenvalue weighted by atomic mass is 10.1. The standard InChI is InChI=1S/C21H17F3N2O4/c1-13(29-18(27)11-10-14-6-3-4-9-17(14)28-2)20-25-19(26-30-20)15-7-5-8-16(12-15)21(22,23)24/h3-13H,1-2H3/b11-10+. The minimum Gasteiger partial charge on any atom is -0.496 e. The summed E-state index contributed by atoms with van der Waals surface area (Å²) in [5.74, 6) is -0.144. The van der Waals surface area contributed by atoms with Crippen molar-refractivity contribution in [2.24, 2.45) is 0 Å². The molecule has 0 amide bonds. The molecule has 0 aliphatic carbocycles. The largest absolute Gasteiger partial charge is 0.496 e. The number of carbonyl (C=O) groups excluding carboxylic acids is 1. The van der Waals surface area contributed by atoms with Gasteiger partial charge in [-0.1, -0.05) is 35.5 Å². The summed E-state index contributed by atoms with van der Waals surface area (Å²) in [6.07, 6.45) is -2.63. The minimum absolute atomic E-state index is 0.0384. The molecular weight excluding hydrogens is 401 g/mol. The lowest BCUT2D eigenvalue weighted by Crippen LogP contribution is -2.06. The van der Waals surface area contributed by atoms with Gasteiger partial charge in [0.05, 0.1) is 12.7 Å². The van der Waals surface area contributed by atoms with Crippen molar-refractivity contribution in [3.63, 3.8) is 0 Å². The molecule has 1 aromatic heterocycles. The van der Waals surface area contributed by atoms with Gasteiger partial charge in [-0.25, -0.2) is 4.79 Å². The van der Waals surface area contributed by atoms with Crippen LogP contribution in [0.2, 0.25) is 0 Å². The summed E-state index contributed by atoms with van der Waals surface area (Å²) in [7, 11) is 1.52. The molecule has 2 aromatic carbocycles. The Balaban J connectivity index is 1.69. The van der Waals surface area contributed by atoms with Gasteiger partial charge in [-0.3, -0.25) is 0 Å². The molecule has 3 aromatic rings. The van der Waals surface area contributed by atoms with Crippen molar-refractivity contribution >= 4 is 12.0 Å². The first-order valence-electron chi connectivity index (χ1n) is 8.81. The van der Waals surface area contributed by atoms with Crippen LogP contribution in [0.4, 0.5) is 13.2 Å². The number of benzene rings is 2. The van der Waals surface area contributed by atoms with E-state index in [0.717, 1.165) is 12.1 Å². The first kappa shape index (κ1) is 21.1. The highest BCUT2D eigenvalue weighted by atomic mass is 19.4. The average Bonchev–Trinajstić information content (AvgIpc) is 3.22. The zero-order chi connectivity index (χ0) is 21.7. The van der Waals surface area contributed by atoms with Crippen molar-refractivity contribution in [3.8, 4) is 17.1 Å². The number of para-hydroxylation sites is 1. The van der Waals surface area contributed by atoms with Crippen molar-refractivity contribution in [2.75, 3.05) is 7.11 Å². The van der Waals surface area contributed by atoms with Gasteiger partial charge >= 0.3 is 12.1 Å². The SMILES string of the molecule is COc1ccccc1/C=C/C(=O)OC(C)c1nc(-c2cccc(C(F)(F)F)c2)no1. The predicted octanol–water partition coefficient (Wildman–Crippen LogP) is 5.08. The molecule has 0 aliphatic heterocycles. The number of alkyl halides is 3. The van der Waals surface area contributed by atoms with Crippen LogP contribution >= 0.6 is 0 Å². The van der Waals surface area contributed by atoms with E-state index >= 15 is 0 Å². The first-order chi connectivity index (χ1) is 14.3. The normalized spacial score (nSPS) is 12.7. The molecule has 1 unspecified atom stereocenters. The molecule has 0 spiro atoms. The lowest BCUT2D eigenvalue weighted by Gasteiger charge is -2.07. The number of aromatic nitrogens is 2. The van der Waals surface area contributed by atoms with Crippen LogP contribution in [0.15, 0.2) is 59.1 Å². The molecule has 0 fully saturated rings. The molecule has 1 atom stereocenters. The summed E-state index contributed by atoms with van der Waals surface area (Å²) in [4.78, 5) is 16.1. The van der Waals surface area contributed by atoms with E-state index in [9.17, 15) is 18.0 Å². The summed E-state index contributed by atoms with van der Waals surface area (Å²) in [6, 6.07) is 11.7. The second-order valence-electron chi connectivity index (χ2n) is 6.19. The molecule has 0 radical (unpaired) electrons. The first-order valence-corrected chi connectivity index (χ1v) is 8.81. The van der Waals surface area contributed by atoms with Crippen LogP contribution in [0.3, 0.4) is 0 Å². The number of carbonyl (C=O) groups is 1. The van der Waals surface area contributed by atoms with E-state index in [1.165, 1.54) is 38.3 Å². The zero-order valence-electron chi connectivity index (χ0n) is 16.0. The quantitative estimate of drug-likeness (QED) is 0.411. The molecular formula is C21H17F3N2O4. The van der Waals surface area contributed by atoms with Crippen molar-refractivity contribution in [3.05, 3.63) is 71.6 Å². The lowest BCUT2D eigenvalue weighted by molar-refractivity contribution is -0.143. The fourth-order valence-corrected chi connectivity index (χ4v) is 2.58. The summed E-state index contributed by atoms with van der Waals surface area (Å²) in [5, 5.41) is 3.67. The Bertz CT molecular complexity index is 1060. The molecule has 0 bridgehead atoms. The molecule has 0 saturated carbocycles. The number of methoxy groups -OCH3 is 1. The summed E-state index contributed by atoms with van der Waals surface area (Å²) in [6.45, 7) is 1.51. The topological polar surface area (TPSA) is 74.5 Å². The molecule has 0 saturated heterocycles. The minimum atomic E-state index is -4.49. The highest BCUT2D eigenvalue weighted by Gasteiger charge is 2.31. The molecule has 3 rings (SSSR count). The van der Waals surface area contributed by atoms with Crippen molar-refractivity contribution in [1.29, 1.82) is 0 Å². The number of nitrogens with zero attached hydrogens (tertiary/aromatic N) is 2. The number of hydrogen-bond donors (Lipinski definition) is 0. The maximum absolute atomic E-state index is 12.9.